The fourth-order valence-corrected chi connectivity index (χ4v) is 3.08. The minimum Gasteiger partial charge on any atom is -0.382 e. The molecule has 24 heavy (non-hydrogen) atoms. The molecule has 2 aliphatic rings. The van der Waals surface area contributed by atoms with Crippen molar-refractivity contribution in [2.45, 2.75) is 18.9 Å². The highest BCUT2D eigenvalue weighted by Gasteiger charge is 2.33. The molecule has 0 aliphatic carbocycles. The molecular weight excluding hydrogens is 308 g/mol. The van der Waals surface area contributed by atoms with Crippen molar-refractivity contribution in [3.05, 3.63) is 35.9 Å². The molecule has 1 unspecified atom stereocenters. The normalized spacial score (nSPS) is 21.8. The summed E-state index contributed by atoms with van der Waals surface area (Å²) in [5.41, 5.74) is 7.03. The van der Waals surface area contributed by atoms with Crippen LogP contribution in [-0.4, -0.2) is 66.2 Å². The third-order valence-electron chi connectivity index (χ3n) is 4.33. The summed E-state index contributed by atoms with van der Waals surface area (Å²) >= 11 is 0. The molecule has 1 saturated heterocycles. The number of oxime groups is 1. The molecule has 0 spiro atoms. The number of nitrogens with two attached hydrogens (primary N) is 1. The van der Waals surface area contributed by atoms with E-state index in [2.05, 4.69) is 5.16 Å². The van der Waals surface area contributed by atoms with Crippen LogP contribution in [0.25, 0.3) is 0 Å². The van der Waals surface area contributed by atoms with Crippen molar-refractivity contribution < 1.29 is 14.4 Å². The molecule has 2 aliphatic heterocycles. The van der Waals surface area contributed by atoms with E-state index in [1.807, 2.05) is 35.2 Å². The number of carbonyl (C=O) groups excluding carboxylic acids is 2. The Morgan fingerprint density at radius 3 is 2.71 bits per heavy atom. The summed E-state index contributed by atoms with van der Waals surface area (Å²) in [6, 6.07) is 9.74. The Labute approximate surface area is 141 Å². The molecule has 0 saturated carbocycles. The van der Waals surface area contributed by atoms with E-state index in [-0.39, 0.29) is 18.4 Å². The lowest BCUT2D eigenvalue weighted by Crippen LogP contribution is -2.42. The first-order valence-corrected chi connectivity index (χ1v) is 8.21. The molecule has 0 radical (unpaired) electrons. The summed E-state index contributed by atoms with van der Waals surface area (Å²) in [5, 5.41) is 4.08. The predicted molar refractivity (Wildman–Crippen MR) is 89.3 cm³/mol. The van der Waals surface area contributed by atoms with Crippen LogP contribution in [0.5, 0.6) is 0 Å². The van der Waals surface area contributed by atoms with Crippen molar-refractivity contribution in [2.24, 2.45) is 10.9 Å². The largest absolute Gasteiger partial charge is 0.382 e. The van der Waals surface area contributed by atoms with Crippen LogP contribution >= 0.6 is 0 Å². The highest BCUT2D eigenvalue weighted by Crippen LogP contribution is 2.19. The number of nitrogens with zero attached hydrogens (tertiary/aromatic N) is 3. The predicted octanol–water partition coefficient (Wildman–Crippen LogP) is 0.199. The first-order valence-electron chi connectivity index (χ1n) is 8.21. The molecule has 2 N–H and O–H groups in total. The van der Waals surface area contributed by atoms with Crippen LogP contribution in [0.4, 0.5) is 0 Å². The van der Waals surface area contributed by atoms with E-state index in [0.29, 0.717) is 26.1 Å². The van der Waals surface area contributed by atoms with Crippen molar-refractivity contribution in [3.63, 3.8) is 0 Å². The number of benzene rings is 1. The van der Waals surface area contributed by atoms with Gasteiger partial charge in [0.15, 0.2) is 0 Å². The molecule has 1 fully saturated rings. The minimum absolute atomic E-state index is 0.0365. The quantitative estimate of drug-likeness (QED) is 0.854. The SMILES string of the molecule is NC(=O)CN1CCCN(C(=O)C2CC(c3ccccc3)=NO2)CC1. The van der Waals surface area contributed by atoms with Crippen LogP contribution in [0, 0.1) is 0 Å². The molecule has 0 bridgehead atoms. The Morgan fingerprint density at radius 2 is 1.96 bits per heavy atom. The Balaban J connectivity index is 1.55. The van der Waals surface area contributed by atoms with Crippen LogP contribution in [-0.2, 0) is 14.4 Å². The topological polar surface area (TPSA) is 88.2 Å². The smallest absolute Gasteiger partial charge is 0.266 e. The van der Waals surface area contributed by atoms with Gasteiger partial charge < -0.3 is 15.5 Å². The molecule has 2 heterocycles. The summed E-state index contributed by atoms with van der Waals surface area (Å²) in [6.45, 7) is 2.89. The Kier molecular flexibility index (Phi) is 5.10. The fourth-order valence-electron chi connectivity index (χ4n) is 3.08. The van der Waals surface area contributed by atoms with E-state index in [4.69, 9.17) is 10.6 Å². The maximum atomic E-state index is 12.7. The average molecular weight is 330 g/mol. The highest BCUT2D eigenvalue weighted by molar-refractivity contribution is 6.04. The van der Waals surface area contributed by atoms with Gasteiger partial charge in [0.2, 0.25) is 12.0 Å². The number of hydrogen-bond acceptors (Lipinski definition) is 5. The molecule has 1 aromatic rings. The van der Waals surface area contributed by atoms with Crippen molar-refractivity contribution in [3.8, 4) is 0 Å². The fraction of sp³-hybridized carbons (Fsp3) is 0.471. The maximum absolute atomic E-state index is 12.7. The second-order valence-electron chi connectivity index (χ2n) is 6.12. The molecule has 1 aromatic carbocycles. The van der Waals surface area contributed by atoms with Crippen molar-refractivity contribution in [1.82, 2.24) is 9.80 Å². The third kappa shape index (κ3) is 3.91. The molecular formula is C17H22N4O3. The van der Waals surface area contributed by atoms with Crippen LogP contribution in [0.3, 0.4) is 0 Å². The third-order valence-corrected chi connectivity index (χ3v) is 4.33. The number of hydrogen-bond donors (Lipinski definition) is 1. The van der Waals surface area contributed by atoms with E-state index in [1.54, 1.807) is 4.90 Å². The summed E-state index contributed by atoms with van der Waals surface area (Å²) in [6.07, 6.45) is 0.755. The summed E-state index contributed by atoms with van der Waals surface area (Å²) < 4.78 is 0. The molecule has 3 rings (SSSR count). The lowest BCUT2D eigenvalue weighted by molar-refractivity contribution is -0.141. The van der Waals surface area contributed by atoms with Crippen molar-refractivity contribution >= 4 is 17.5 Å². The van der Waals surface area contributed by atoms with E-state index >= 15 is 0 Å². The van der Waals surface area contributed by atoms with Gasteiger partial charge in [-0.25, -0.2) is 0 Å². The van der Waals surface area contributed by atoms with Crippen LogP contribution in [0.15, 0.2) is 35.5 Å². The van der Waals surface area contributed by atoms with Gasteiger partial charge in [0, 0.05) is 32.6 Å². The lowest BCUT2D eigenvalue weighted by atomic mass is 10.0. The number of amides is 2. The molecule has 128 valence electrons. The van der Waals surface area contributed by atoms with Gasteiger partial charge in [-0.15, -0.1) is 0 Å². The van der Waals surface area contributed by atoms with Crippen LogP contribution in [0.1, 0.15) is 18.4 Å². The van der Waals surface area contributed by atoms with E-state index in [1.165, 1.54) is 0 Å². The van der Waals surface area contributed by atoms with Crippen LogP contribution in [0.2, 0.25) is 0 Å². The van der Waals surface area contributed by atoms with Crippen LogP contribution < -0.4 is 5.73 Å². The summed E-state index contributed by atoms with van der Waals surface area (Å²) in [4.78, 5) is 32.9. The minimum atomic E-state index is -0.553. The second-order valence-corrected chi connectivity index (χ2v) is 6.12. The zero-order valence-corrected chi connectivity index (χ0v) is 13.6. The molecule has 7 nitrogen and oxygen atoms in total. The van der Waals surface area contributed by atoms with Gasteiger partial charge in [-0.05, 0) is 12.0 Å². The molecule has 7 heteroatoms. The monoisotopic (exact) mass is 330 g/mol. The Morgan fingerprint density at radius 1 is 1.17 bits per heavy atom. The van der Waals surface area contributed by atoms with Gasteiger partial charge >= 0.3 is 0 Å². The second kappa shape index (κ2) is 7.44. The van der Waals surface area contributed by atoms with Gasteiger partial charge in [-0.2, -0.15) is 0 Å². The van der Waals surface area contributed by atoms with Crippen molar-refractivity contribution in [2.75, 3.05) is 32.7 Å². The lowest BCUT2D eigenvalue weighted by Gasteiger charge is -2.23. The van der Waals surface area contributed by atoms with E-state index in [9.17, 15) is 9.59 Å². The first kappa shape index (κ1) is 16.4. The van der Waals surface area contributed by atoms with Crippen molar-refractivity contribution in [1.29, 1.82) is 0 Å². The Bertz CT molecular complexity index is 632. The van der Waals surface area contributed by atoms with Gasteiger partial charge in [0.25, 0.3) is 5.91 Å². The van der Waals surface area contributed by atoms with E-state index < -0.39 is 6.10 Å². The highest BCUT2D eigenvalue weighted by atomic mass is 16.6. The molecule has 2 amide bonds. The summed E-state index contributed by atoms with van der Waals surface area (Å²) in [5.74, 6) is -0.375. The maximum Gasteiger partial charge on any atom is 0.266 e. The zero-order valence-electron chi connectivity index (χ0n) is 13.6. The number of primary amides is 1. The average Bonchev–Trinajstić information content (AvgIpc) is 2.96. The zero-order chi connectivity index (χ0) is 16.9. The Hall–Kier alpha value is -2.41. The van der Waals surface area contributed by atoms with Gasteiger partial charge in [-0.1, -0.05) is 35.5 Å². The van der Waals surface area contributed by atoms with E-state index in [0.717, 1.165) is 24.2 Å². The van der Waals surface area contributed by atoms with Gasteiger partial charge in [0.05, 0.1) is 12.3 Å². The molecule has 1 atom stereocenters. The number of rotatable bonds is 4. The first-order chi connectivity index (χ1) is 11.6. The standard InChI is InChI=1S/C17H22N4O3/c18-16(22)12-20-7-4-8-21(10-9-20)17(23)15-11-14(19-24-15)13-5-2-1-3-6-13/h1-3,5-6,15H,4,7-12H2,(H2,18,22). The summed E-state index contributed by atoms with van der Waals surface area (Å²) in [7, 11) is 0. The number of carbonyl (C=O) groups is 2. The molecule has 0 aromatic heterocycles. The van der Waals surface area contributed by atoms with Gasteiger partial charge in [0.1, 0.15) is 0 Å². The van der Waals surface area contributed by atoms with Gasteiger partial charge in [-0.3, -0.25) is 14.5 Å².